The molecule has 6 nitrogen and oxygen atoms in total. The maximum atomic E-state index is 11.2. The first kappa shape index (κ1) is 8.55. The lowest BCUT2D eigenvalue weighted by molar-refractivity contribution is -0.138. The Morgan fingerprint density at radius 1 is 1.75 bits per heavy atom. The number of carbonyl (C=O) groups is 2. The van der Waals surface area contributed by atoms with Gasteiger partial charge in [-0.15, -0.1) is 0 Å². The highest BCUT2D eigenvalue weighted by Crippen LogP contribution is 2.15. The molecular weight excluding hydrogens is 160 g/mol. The predicted octanol–water partition coefficient (Wildman–Crippen LogP) is 0.444. The Hall–Kier alpha value is -1.55. The van der Waals surface area contributed by atoms with E-state index < -0.39 is 6.04 Å². The van der Waals surface area contributed by atoms with E-state index in [-0.39, 0.29) is 18.2 Å². The van der Waals surface area contributed by atoms with Gasteiger partial charge < -0.3 is 0 Å². The first-order valence-electron chi connectivity index (χ1n) is 3.59. The number of azide groups is 1. The van der Waals surface area contributed by atoms with E-state index >= 15 is 0 Å². The Kier molecular flexibility index (Phi) is 2.30. The van der Waals surface area contributed by atoms with Crippen molar-refractivity contribution in [1.29, 1.82) is 0 Å². The molecule has 1 atom stereocenters. The number of hydrogen-bond donors (Lipinski definition) is 0. The molecule has 1 rings (SSSR count). The second-order valence-corrected chi connectivity index (χ2v) is 2.40. The van der Waals surface area contributed by atoms with Gasteiger partial charge in [0, 0.05) is 17.9 Å². The van der Waals surface area contributed by atoms with Crippen LogP contribution >= 0.6 is 0 Å². The fourth-order valence-corrected chi connectivity index (χ4v) is 1.15. The van der Waals surface area contributed by atoms with E-state index in [2.05, 4.69) is 10.0 Å². The van der Waals surface area contributed by atoms with Crippen molar-refractivity contribution in [1.82, 2.24) is 4.90 Å². The summed E-state index contributed by atoms with van der Waals surface area (Å²) >= 11 is 0. The Morgan fingerprint density at radius 3 is 2.83 bits per heavy atom. The van der Waals surface area contributed by atoms with Gasteiger partial charge in [-0.2, -0.15) is 0 Å². The number of hydrogen-bond acceptors (Lipinski definition) is 3. The van der Waals surface area contributed by atoms with Crippen molar-refractivity contribution < 1.29 is 9.59 Å². The van der Waals surface area contributed by atoms with Crippen molar-refractivity contribution in [3.63, 3.8) is 0 Å². The standard InChI is InChI=1S/C6H8N4O2/c1-2-10-5(11)3-4(6(10)12)8-9-7/h4H,2-3H2,1H3/t4-/m0/s1. The average molecular weight is 168 g/mol. The minimum absolute atomic E-state index is 0.0106. The van der Waals surface area contributed by atoms with Crippen LogP contribution in [-0.2, 0) is 9.59 Å². The number of amides is 2. The van der Waals surface area contributed by atoms with E-state index in [1.165, 1.54) is 0 Å². The fraction of sp³-hybridized carbons (Fsp3) is 0.667. The summed E-state index contributed by atoms with van der Waals surface area (Å²) in [5.41, 5.74) is 8.07. The molecule has 64 valence electrons. The van der Waals surface area contributed by atoms with Crippen LogP contribution < -0.4 is 0 Å². The van der Waals surface area contributed by atoms with E-state index in [4.69, 9.17) is 5.53 Å². The Bertz CT molecular complexity index is 269. The van der Waals surface area contributed by atoms with Crippen molar-refractivity contribution in [3.05, 3.63) is 10.4 Å². The number of rotatable bonds is 2. The number of imide groups is 1. The van der Waals surface area contributed by atoms with Gasteiger partial charge >= 0.3 is 0 Å². The summed E-state index contributed by atoms with van der Waals surface area (Å²) in [5, 5.41) is 3.22. The molecule has 0 saturated carbocycles. The molecule has 0 aromatic carbocycles. The summed E-state index contributed by atoms with van der Waals surface area (Å²) in [7, 11) is 0. The van der Waals surface area contributed by atoms with Crippen LogP contribution in [0, 0.1) is 0 Å². The second-order valence-electron chi connectivity index (χ2n) is 2.40. The molecule has 1 aliphatic rings. The molecule has 0 radical (unpaired) electrons. The summed E-state index contributed by atoms with van der Waals surface area (Å²) in [5.74, 6) is -0.653. The third kappa shape index (κ3) is 1.24. The molecule has 2 amide bonds. The third-order valence-corrected chi connectivity index (χ3v) is 1.73. The van der Waals surface area contributed by atoms with Gasteiger partial charge in [0.25, 0.3) is 0 Å². The zero-order chi connectivity index (χ0) is 9.14. The van der Waals surface area contributed by atoms with Crippen LogP contribution in [0.25, 0.3) is 10.4 Å². The average Bonchev–Trinajstić information content (AvgIpc) is 2.29. The number of nitrogens with zero attached hydrogens (tertiary/aromatic N) is 4. The lowest BCUT2D eigenvalue weighted by Gasteiger charge is -2.09. The Labute approximate surface area is 68.8 Å². The van der Waals surface area contributed by atoms with E-state index in [9.17, 15) is 9.59 Å². The Balaban J connectivity index is 2.82. The van der Waals surface area contributed by atoms with Gasteiger partial charge in [-0.1, -0.05) is 5.11 Å². The van der Waals surface area contributed by atoms with Gasteiger partial charge in [0.05, 0.1) is 0 Å². The van der Waals surface area contributed by atoms with Gasteiger partial charge in [-0.05, 0) is 12.5 Å². The van der Waals surface area contributed by atoms with E-state index in [1.54, 1.807) is 6.92 Å². The monoisotopic (exact) mass is 168 g/mol. The highest BCUT2D eigenvalue weighted by Gasteiger charge is 2.36. The first-order chi connectivity index (χ1) is 5.70. The van der Waals surface area contributed by atoms with E-state index in [0.29, 0.717) is 6.54 Å². The van der Waals surface area contributed by atoms with Gasteiger partial charge in [0.1, 0.15) is 6.04 Å². The molecule has 0 aromatic heterocycles. The van der Waals surface area contributed by atoms with Crippen LogP contribution in [0.15, 0.2) is 5.11 Å². The van der Waals surface area contributed by atoms with E-state index in [1.807, 2.05) is 0 Å². The van der Waals surface area contributed by atoms with Crippen LogP contribution in [0.5, 0.6) is 0 Å². The number of likely N-dealkylation sites (N-methyl/N-ethyl adjacent to an activating group) is 1. The summed E-state index contributed by atoms with van der Waals surface area (Å²) in [4.78, 5) is 25.8. The molecule has 1 fully saturated rings. The molecule has 1 saturated heterocycles. The van der Waals surface area contributed by atoms with Gasteiger partial charge in [0.2, 0.25) is 11.8 Å². The highest BCUT2D eigenvalue weighted by molar-refractivity contribution is 6.05. The smallest absolute Gasteiger partial charge is 0.238 e. The number of carbonyl (C=O) groups excluding carboxylic acids is 2. The van der Waals surface area contributed by atoms with Crippen molar-refractivity contribution in [2.24, 2.45) is 5.11 Å². The minimum atomic E-state index is -0.817. The SMILES string of the molecule is CCN1C(=O)C[C@H](N=[N+]=[N-])C1=O. The van der Waals surface area contributed by atoms with Crippen molar-refractivity contribution in [2.45, 2.75) is 19.4 Å². The van der Waals surface area contributed by atoms with Crippen LogP contribution in [0.1, 0.15) is 13.3 Å². The Morgan fingerprint density at radius 2 is 2.42 bits per heavy atom. The zero-order valence-corrected chi connectivity index (χ0v) is 6.60. The lowest BCUT2D eigenvalue weighted by atomic mass is 10.3. The van der Waals surface area contributed by atoms with Crippen LogP contribution in [0.3, 0.4) is 0 Å². The maximum Gasteiger partial charge on any atom is 0.238 e. The molecule has 0 aromatic rings. The largest absolute Gasteiger partial charge is 0.283 e. The summed E-state index contributed by atoms with van der Waals surface area (Å²) in [6.45, 7) is 2.05. The molecule has 1 aliphatic heterocycles. The zero-order valence-electron chi connectivity index (χ0n) is 6.60. The van der Waals surface area contributed by atoms with Crippen molar-refractivity contribution in [3.8, 4) is 0 Å². The summed E-state index contributed by atoms with van der Waals surface area (Å²) < 4.78 is 0. The van der Waals surface area contributed by atoms with Crippen LogP contribution in [0.2, 0.25) is 0 Å². The predicted molar refractivity (Wildman–Crippen MR) is 39.9 cm³/mol. The third-order valence-electron chi connectivity index (χ3n) is 1.73. The molecule has 6 heteroatoms. The quantitative estimate of drug-likeness (QED) is 0.259. The van der Waals surface area contributed by atoms with Crippen LogP contribution in [0.4, 0.5) is 0 Å². The van der Waals surface area contributed by atoms with Crippen molar-refractivity contribution >= 4 is 11.8 Å². The minimum Gasteiger partial charge on any atom is -0.283 e. The summed E-state index contributed by atoms with van der Waals surface area (Å²) in [6.07, 6.45) is 0.0106. The normalized spacial score (nSPS) is 22.8. The molecule has 1 heterocycles. The fourth-order valence-electron chi connectivity index (χ4n) is 1.15. The maximum absolute atomic E-state index is 11.2. The van der Waals surface area contributed by atoms with Gasteiger partial charge in [-0.3, -0.25) is 14.5 Å². The molecule has 0 unspecified atom stereocenters. The van der Waals surface area contributed by atoms with Gasteiger partial charge in [-0.25, -0.2) is 0 Å². The van der Waals surface area contributed by atoms with Crippen molar-refractivity contribution in [2.75, 3.05) is 6.54 Å². The topological polar surface area (TPSA) is 86.1 Å². The molecule has 0 N–H and O–H groups in total. The van der Waals surface area contributed by atoms with E-state index in [0.717, 1.165) is 4.90 Å². The number of likely N-dealkylation sites (tertiary alicyclic amines) is 1. The van der Waals surface area contributed by atoms with Gasteiger partial charge in [0.15, 0.2) is 0 Å². The molecular formula is C6H8N4O2. The molecule has 0 aliphatic carbocycles. The summed E-state index contributed by atoms with van der Waals surface area (Å²) in [6, 6.07) is -0.817. The lowest BCUT2D eigenvalue weighted by Crippen LogP contribution is -2.30. The molecule has 0 bridgehead atoms. The van der Waals surface area contributed by atoms with Crippen LogP contribution in [-0.4, -0.2) is 29.3 Å². The molecule has 0 spiro atoms. The molecule has 12 heavy (non-hydrogen) atoms. The first-order valence-corrected chi connectivity index (χ1v) is 3.59. The second kappa shape index (κ2) is 3.23. The highest BCUT2D eigenvalue weighted by atomic mass is 16.2.